The van der Waals surface area contributed by atoms with Crippen LogP contribution < -0.4 is 5.73 Å². The highest BCUT2D eigenvalue weighted by Crippen LogP contribution is 2.15. The molecule has 2 aromatic rings. The summed E-state index contributed by atoms with van der Waals surface area (Å²) in [6.07, 6.45) is 0. The fourth-order valence-corrected chi connectivity index (χ4v) is 2.34. The molecule has 0 fully saturated rings. The van der Waals surface area contributed by atoms with E-state index in [9.17, 15) is 4.79 Å². The normalized spacial score (nSPS) is 12.2. The maximum absolute atomic E-state index is 12.2. The summed E-state index contributed by atoms with van der Waals surface area (Å²) in [5.41, 5.74) is 10.6. The van der Waals surface area contributed by atoms with E-state index in [0.29, 0.717) is 6.54 Å². The third-order valence-electron chi connectivity index (χ3n) is 2.96. The van der Waals surface area contributed by atoms with E-state index in [1.165, 1.54) is 11.3 Å². The fourth-order valence-electron chi connectivity index (χ4n) is 1.79. The second-order valence-corrected chi connectivity index (χ2v) is 5.28. The number of aryl methyl sites for hydroxylation is 1. The lowest BCUT2D eigenvalue weighted by Crippen LogP contribution is -2.35. The van der Waals surface area contributed by atoms with E-state index >= 15 is 0 Å². The van der Waals surface area contributed by atoms with Crippen molar-refractivity contribution in [3.63, 3.8) is 0 Å². The van der Waals surface area contributed by atoms with Gasteiger partial charge in [-0.1, -0.05) is 29.8 Å². The summed E-state index contributed by atoms with van der Waals surface area (Å²) in [5.74, 6) is -0.100. The zero-order valence-electron chi connectivity index (χ0n) is 11.0. The molecule has 1 unspecified atom stereocenters. The van der Waals surface area contributed by atoms with Crippen molar-refractivity contribution in [3.05, 3.63) is 52.0 Å². The van der Waals surface area contributed by atoms with E-state index in [-0.39, 0.29) is 5.91 Å². The van der Waals surface area contributed by atoms with Crippen LogP contribution in [0.2, 0.25) is 0 Å². The minimum absolute atomic E-state index is 0.100. The molecule has 2 rings (SSSR count). The van der Waals surface area contributed by atoms with E-state index in [4.69, 9.17) is 5.73 Å². The van der Waals surface area contributed by atoms with E-state index in [1.54, 1.807) is 17.5 Å². The van der Waals surface area contributed by atoms with Gasteiger partial charge < -0.3 is 10.6 Å². The Morgan fingerprint density at radius 2 is 2.11 bits per heavy atom. The van der Waals surface area contributed by atoms with Gasteiger partial charge in [-0.05, 0) is 12.5 Å². The Morgan fingerprint density at radius 3 is 2.68 bits per heavy atom. The molecule has 100 valence electrons. The number of rotatable bonds is 4. The molecule has 1 atom stereocenters. The first-order chi connectivity index (χ1) is 9.08. The molecule has 0 bridgehead atoms. The van der Waals surface area contributed by atoms with E-state index in [1.807, 2.05) is 36.6 Å². The maximum atomic E-state index is 12.2. The molecule has 5 heteroatoms. The molecule has 0 radical (unpaired) electrons. The van der Waals surface area contributed by atoms with Crippen molar-refractivity contribution >= 4 is 17.2 Å². The lowest BCUT2D eigenvalue weighted by molar-refractivity contribution is -0.132. The van der Waals surface area contributed by atoms with Gasteiger partial charge in [-0.3, -0.25) is 4.79 Å². The van der Waals surface area contributed by atoms with Gasteiger partial charge in [0.15, 0.2) is 0 Å². The molecule has 1 heterocycles. The molecule has 0 saturated heterocycles. The van der Waals surface area contributed by atoms with Crippen molar-refractivity contribution in [2.75, 3.05) is 7.05 Å². The fraction of sp³-hybridized carbons (Fsp3) is 0.286. The number of nitrogens with zero attached hydrogens (tertiary/aromatic N) is 2. The topological polar surface area (TPSA) is 59.2 Å². The summed E-state index contributed by atoms with van der Waals surface area (Å²) >= 11 is 1.52. The largest absolute Gasteiger partial charge is 0.338 e. The highest BCUT2D eigenvalue weighted by atomic mass is 32.1. The summed E-state index contributed by atoms with van der Waals surface area (Å²) in [6.45, 7) is 2.49. The number of hydrogen-bond acceptors (Lipinski definition) is 4. The van der Waals surface area contributed by atoms with Crippen LogP contribution in [-0.2, 0) is 11.3 Å². The van der Waals surface area contributed by atoms with Crippen LogP contribution in [0.4, 0.5) is 0 Å². The standard InChI is InChI=1S/C14H17N3OS/c1-10-3-5-11(6-4-10)13(15)14(18)17(2)7-12-8-19-9-16-12/h3-6,8-9,13H,7,15H2,1-2H3. The monoisotopic (exact) mass is 275 g/mol. The zero-order chi connectivity index (χ0) is 13.8. The van der Waals surface area contributed by atoms with Crippen molar-refractivity contribution in [2.45, 2.75) is 19.5 Å². The second-order valence-electron chi connectivity index (χ2n) is 4.56. The summed E-state index contributed by atoms with van der Waals surface area (Å²) < 4.78 is 0. The van der Waals surface area contributed by atoms with Gasteiger partial charge in [-0.15, -0.1) is 11.3 Å². The zero-order valence-corrected chi connectivity index (χ0v) is 11.9. The highest BCUT2D eigenvalue weighted by Gasteiger charge is 2.20. The molecular formula is C14H17N3OS. The molecule has 0 aliphatic heterocycles. The average molecular weight is 275 g/mol. The van der Waals surface area contributed by atoms with Crippen molar-refractivity contribution in [1.29, 1.82) is 0 Å². The third-order valence-corrected chi connectivity index (χ3v) is 3.60. The van der Waals surface area contributed by atoms with Gasteiger partial charge >= 0.3 is 0 Å². The second kappa shape index (κ2) is 5.95. The number of likely N-dealkylation sites (N-methyl/N-ethyl adjacent to an activating group) is 1. The van der Waals surface area contributed by atoms with Crippen LogP contribution in [0.5, 0.6) is 0 Å². The lowest BCUT2D eigenvalue weighted by Gasteiger charge is -2.20. The Kier molecular flexibility index (Phi) is 4.29. The van der Waals surface area contributed by atoms with Crippen LogP contribution in [0.3, 0.4) is 0 Å². The van der Waals surface area contributed by atoms with Crippen molar-refractivity contribution in [3.8, 4) is 0 Å². The number of amides is 1. The predicted octanol–water partition coefficient (Wildman–Crippen LogP) is 2.11. The smallest absolute Gasteiger partial charge is 0.244 e. The minimum Gasteiger partial charge on any atom is -0.338 e. The number of benzene rings is 1. The lowest BCUT2D eigenvalue weighted by atomic mass is 10.0. The molecule has 0 saturated carbocycles. The molecule has 0 spiro atoms. The van der Waals surface area contributed by atoms with Crippen LogP contribution in [0, 0.1) is 6.92 Å². The molecule has 0 aliphatic rings. The summed E-state index contributed by atoms with van der Waals surface area (Å²) in [6, 6.07) is 7.10. The Labute approximate surface area is 116 Å². The molecule has 1 amide bonds. The van der Waals surface area contributed by atoms with Gasteiger partial charge in [-0.2, -0.15) is 0 Å². The van der Waals surface area contributed by atoms with Gasteiger partial charge in [0, 0.05) is 12.4 Å². The number of aromatic nitrogens is 1. The van der Waals surface area contributed by atoms with Crippen LogP contribution >= 0.6 is 11.3 Å². The van der Waals surface area contributed by atoms with Crippen LogP contribution in [0.1, 0.15) is 22.9 Å². The molecule has 2 N–H and O–H groups in total. The number of nitrogens with two attached hydrogens (primary N) is 1. The van der Waals surface area contributed by atoms with Gasteiger partial charge in [0.2, 0.25) is 5.91 Å². The van der Waals surface area contributed by atoms with E-state index in [2.05, 4.69) is 4.98 Å². The Bertz CT molecular complexity index is 536. The molecular weight excluding hydrogens is 258 g/mol. The van der Waals surface area contributed by atoms with E-state index < -0.39 is 6.04 Å². The summed E-state index contributed by atoms with van der Waals surface area (Å²) in [5, 5.41) is 1.93. The number of thiazole rings is 1. The Balaban J connectivity index is 2.04. The Morgan fingerprint density at radius 1 is 1.42 bits per heavy atom. The van der Waals surface area contributed by atoms with Gasteiger partial charge in [0.05, 0.1) is 17.7 Å². The minimum atomic E-state index is -0.621. The first-order valence-corrected chi connectivity index (χ1v) is 6.96. The van der Waals surface area contributed by atoms with Crippen LogP contribution in [0.25, 0.3) is 0 Å². The quantitative estimate of drug-likeness (QED) is 0.929. The molecule has 4 nitrogen and oxygen atoms in total. The van der Waals surface area contributed by atoms with Gasteiger partial charge in [0.1, 0.15) is 6.04 Å². The van der Waals surface area contributed by atoms with Crippen molar-refractivity contribution in [2.24, 2.45) is 5.73 Å². The molecule has 1 aromatic carbocycles. The summed E-state index contributed by atoms with van der Waals surface area (Å²) in [7, 11) is 1.75. The summed E-state index contributed by atoms with van der Waals surface area (Å²) in [4.78, 5) is 18.0. The number of carbonyl (C=O) groups is 1. The van der Waals surface area contributed by atoms with Crippen LogP contribution in [-0.4, -0.2) is 22.8 Å². The molecule has 19 heavy (non-hydrogen) atoms. The SMILES string of the molecule is Cc1ccc(C(N)C(=O)N(C)Cc2cscn2)cc1. The number of hydrogen-bond donors (Lipinski definition) is 1. The third kappa shape index (κ3) is 3.39. The Hall–Kier alpha value is -1.72. The first-order valence-electron chi connectivity index (χ1n) is 6.02. The van der Waals surface area contributed by atoms with Crippen molar-refractivity contribution in [1.82, 2.24) is 9.88 Å². The predicted molar refractivity (Wildman–Crippen MR) is 76.7 cm³/mol. The highest BCUT2D eigenvalue weighted by molar-refractivity contribution is 7.07. The number of carbonyl (C=O) groups excluding carboxylic acids is 1. The maximum Gasteiger partial charge on any atom is 0.244 e. The average Bonchev–Trinajstić information content (AvgIpc) is 2.90. The van der Waals surface area contributed by atoms with Crippen LogP contribution in [0.15, 0.2) is 35.2 Å². The first kappa shape index (κ1) is 13.7. The molecule has 0 aliphatic carbocycles. The van der Waals surface area contributed by atoms with Gasteiger partial charge in [-0.25, -0.2) is 4.98 Å². The van der Waals surface area contributed by atoms with Crippen molar-refractivity contribution < 1.29 is 4.79 Å². The van der Waals surface area contributed by atoms with E-state index in [0.717, 1.165) is 16.8 Å². The van der Waals surface area contributed by atoms with Gasteiger partial charge in [0.25, 0.3) is 0 Å². The molecule has 1 aromatic heterocycles.